The van der Waals surface area contributed by atoms with Crippen molar-refractivity contribution in [2.45, 2.75) is 50.7 Å². The highest BCUT2D eigenvalue weighted by atomic mass is 16.3. The summed E-state index contributed by atoms with van der Waals surface area (Å²) in [5.41, 5.74) is 0.846. The molecule has 124 valence electrons. The van der Waals surface area contributed by atoms with Crippen molar-refractivity contribution in [1.82, 2.24) is 20.3 Å². The summed E-state index contributed by atoms with van der Waals surface area (Å²) >= 11 is 0. The number of aliphatic hydroxyl groups is 1. The molecular weight excluding hydrogens is 296 g/mol. The van der Waals surface area contributed by atoms with Gasteiger partial charge in [-0.1, -0.05) is 18.1 Å². The lowest BCUT2D eigenvalue weighted by Crippen LogP contribution is -2.28. The second-order valence-electron chi connectivity index (χ2n) is 5.97. The van der Waals surface area contributed by atoms with Gasteiger partial charge >= 0.3 is 0 Å². The number of nitrogens with one attached hydrogen (secondary N) is 1. The first-order chi connectivity index (χ1) is 11.2. The Hall–Kier alpha value is -2.15. The fourth-order valence-electron chi connectivity index (χ4n) is 2.99. The zero-order chi connectivity index (χ0) is 16.1. The van der Waals surface area contributed by atoms with Gasteiger partial charge in [0.1, 0.15) is 5.76 Å². The first-order valence-corrected chi connectivity index (χ1v) is 8.09. The monoisotopic (exact) mass is 318 g/mol. The lowest BCUT2D eigenvalue weighted by atomic mass is 9.85. The van der Waals surface area contributed by atoms with Gasteiger partial charge in [-0.3, -0.25) is 9.48 Å². The lowest BCUT2D eigenvalue weighted by molar-refractivity contribution is -0.120. The molecule has 7 nitrogen and oxygen atoms in total. The molecule has 0 spiro atoms. The molecule has 2 atom stereocenters. The van der Waals surface area contributed by atoms with Crippen molar-refractivity contribution in [2.24, 2.45) is 0 Å². The highest BCUT2D eigenvalue weighted by Gasteiger charge is 2.26. The van der Waals surface area contributed by atoms with Gasteiger partial charge < -0.3 is 14.8 Å². The molecule has 1 saturated carbocycles. The van der Waals surface area contributed by atoms with Crippen LogP contribution in [0.5, 0.6) is 0 Å². The molecule has 7 heteroatoms. The van der Waals surface area contributed by atoms with E-state index in [9.17, 15) is 9.90 Å². The van der Waals surface area contributed by atoms with Crippen LogP contribution in [0.3, 0.4) is 0 Å². The molecule has 1 aliphatic carbocycles. The highest BCUT2D eigenvalue weighted by molar-refractivity contribution is 5.77. The van der Waals surface area contributed by atoms with Crippen LogP contribution in [0.2, 0.25) is 0 Å². The second kappa shape index (κ2) is 7.41. The van der Waals surface area contributed by atoms with Gasteiger partial charge in [0, 0.05) is 18.7 Å². The minimum absolute atomic E-state index is 0.0806. The van der Waals surface area contributed by atoms with Gasteiger partial charge in [0.05, 0.1) is 31.0 Å². The molecule has 1 aliphatic rings. The largest absolute Gasteiger partial charge is 0.469 e. The molecule has 23 heavy (non-hydrogen) atoms. The number of furan rings is 1. The molecule has 2 aromatic rings. The molecule has 2 aromatic heterocycles. The molecule has 0 saturated heterocycles. The van der Waals surface area contributed by atoms with E-state index in [4.69, 9.17) is 4.42 Å². The van der Waals surface area contributed by atoms with Gasteiger partial charge in [0.2, 0.25) is 5.91 Å². The third-order valence-electron chi connectivity index (χ3n) is 4.24. The van der Waals surface area contributed by atoms with E-state index in [-0.39, 0.29) is 24.3 Å². The van der Waals surface area contributed by atoms with Crippen LogP contribution >= 0.6 is 0 Å². The normalized spacial score (nSPS) is 21.3. The first kappa shape index (κ1) is 15.7. The van der Waals surface area contributed by atoms with Crippen molar-refractivity contribution in [1.29, 1.82) is 0 Å². The van der Waals surface area contributed by atoms with E-state index in [1.165, 1.54) is 0 Å². The lowest BCUT2D eigenvalue weighted by Gasteiger charge is -2.25. The number of hydrogen-bond donors (Lipinski definition) is 2. The number of amides is 1. The summed E-state index contributed by atoms with van der Waals surface area (Å²) in [4.78, 5) is 11.7. The third-order valence-corrected chi connectivity index (χ3v) is 4.24. The molecule has 1 fully saturated rings. The standard InChI is InChI=1S/C16H22N4O3/c21-15-6-2-1-5-13(15)14-11-20(19-18-14)8-7-17-16(22)10-12-4-3-9-23-12/h3-4,9,11,13,15,21H,1-2,5-8,10H2,(H,17,22). The fraction of sp³-hybridized carbons (Fsp3) is 0.562. The minimum atomic E-state index is -0.318. The summed E-state index contributed by atoms with van der Waals surface area (Å²) in [5, 5.41) is 21.1. The summed E-state index contributed by atoms with van der Waals surface area (Å²) in [6.45, 7) is 1.04. The molecular formula is C16H22N4O3. The Morgan fingerprint density at radius 2 is 2.30 bits per heavy atom. The van der Waals surface area contributed by atoms with Crippen LogP contribution in [-0.4, -0.2) is 38.7 Å². The summed E-state index contributed by atoms with van der Waals surface area (Å²) in [6.07, 6.45) is 7.34. The Balaban J connectivity index is 1.45. The number of hydrogen-bond acceptors (Lipinski definition) is 5. The molecule has 2 unspecified atom stereocenters. The maximum atomic E-state index is 11.7. The van der Waals surface area contributed by atoms with Crippen LogP contribution < -0.4 is 5.32 Å². The van der Waals surface area contributed by atoms with E-state index in [0.717, 1.165) is 31.4 Å². The van der Waals surface area contributed by atoms with Crippen LogP contribution in [-0.2, 0) is 17.8 Å². The van der Waals surface area contributed by atoms with Crippen LogP contribution in [0.1, 0.15) is 43.1 Å². The van der Waals surface area contributed by atoms with Crippen molar-refractivity contribution in [3.63, 3.8) is 0 Å². The molecule has 0 aromatic carbocycles. The SMILES string of the molecule is O=C(Cc1ccco1)NCCn1cc(C2CCCCC2O)nn1. The highest BCUT2D eigenvalue weighted by Crippen LogP contribution is 2.31. The first-order valence-electron chi connectivity index (χ1n) is 8.09. The Morgan fingerprint density at radius 3 is 3.09 bits per heavy atom. The number of carbonyl (C=O) groups excluding carboxylic acids is 1. The molecule has 1 amide bonds. The van der Waals surface area contributed by atoms with Crippen LogP contribution in [0.25, 0.3) is 0 Å². The summed E-state index contributed by atoms with van der Waals surface area (Å²) < 4.78 is 6.85. The van der Waals surface area contributed by atoms with E-state index >= 15 is 0 Å². The fourth-order valence-corrected chi connectivity index (χ4v) is 2.99. The van der Waals surface area contributed by atoms with E-state index in [2.05, 4.69) is 15.6 Å². The predicted molar refractivity (Wildman–Crippen MR) is 82.7 cm³/mol. The van der Waals surface area contributed by atoms with Gasteiger partial charge in [-0.2, -0.15) is 0 Å². The predicted octanol–water partition coefficient (Wildman–Crippen LogP) is 1.25. The molecule has 0 aliphatic heterocycles. The van der Waals surface area contributed by atoms with Crippen molar-refractivity contribution >= 4 is 5.91 Å². The van der Waals surface area contributed by atoms with Gasteiger partial charge in [-0.15, -0.1) is 5.10 Å². The van der Waals surface area contributed by atoms with Gasteiger partial charge in [0.25, 0.3) is 0 Å². The van der Waals surface area contributed by atoms with Crippen LogP contribution in [0, 0.1) is 0 Å². The van der Waals surface area contributed by atoms with Crippen molar-refractivity contribution < 1.29 is 14.3 Å². The molecule has 2 heterocycles. The molecule has 3 rings (SSSR count). The summed E-state index contributed by atoms with van der Waals surface area (Å²) in [6, 6.07) is 3.54. The topological polar surface area (TPSA) is 93.2 Å². The molecule has 0 bridgehead atoms. The number of carbonyl (C=O) groups is 1. The minimum Gasteiger partial charge on any atom is -0.469 e. The van der Waals surface area contributed by atoms with Gasteiger partial charge in [0.15, 0.2) is 0 Å². The Labute approximate surface area is 134 Å². The Morgan fingerprint density at radius 1 is 1.43 bits per heavy atom. The van der Waals surface area contributed by atoms with Crippen LogP contribution in [0.15, 0.2) is 29.0 Å². The van der Waals surface area contributed by atoms with Crippen molar-refractivity contribution in [3.05, 3.63) is 36.0 Å². The quantitative estimate of drug-likeness (QED) is 0.836. The Kier molecular flexibility index (Phi) is 5.07. The maximum absolute atomic E-state index is 11.7. The zero-order valence-electron chi connectivity index (χ0n) is 13.0. The molecule has 0 radical (unpaired) electrons. The maximum Gasteiger partial charge on any atom is 0.227 e. The van der Waals surface area contributed by atoms with Crippen molar-refractivity contribution in [3.8, 4) is 0 Å². The third kappa shape index (κ3) is 4.19. The average molecular weight is 318 g/mol. The summed E-state index contributed by atoms with van der Waals surface area (Å²) in [7, 11) is 0. The van der Waals surface area contributed by atoms with Crippen LogP contribution in [0.4, 0.5) is 0 Å². The van der Waals surface area contributed by atoms with E-state index < -0.39 is 0 Å². The molecule has 2 N–H and O–H groups in total. The van der Waals surface area contributed by atoms with Crippen molar-refractivity contribution in [2.75, 3.05) is 6.54 Å². The number of rotatable bonds is 6. The second-order valence-corrected chi connectivity index (χ2v) is 5.97. The van der Waals surface area contributed by atoms with E-state index in [0.29, 0.717) is 18.8 Å². The number of nitrogens with zero attached hydrogens (tertiary/aromatic N) is 3. The smallest absolute Gasteiger partial charge is 0.227 e. The Bertz CT molecular complexity index is 623. The van der Waals surface area contributed by atoms with Gasteiger partial charge in [-0.05, 0) is 25.0 Å². The average Bonchev–Trinajstić information content (AvgIpc) is 3.20. The number of aliphatic hydroxyl groups excluding tert-OH is 1. The van der Waals surface area contributed by atoms with Gasteiger partial charge in [-0.25, -0.2) is 0 Å². The van der Waals surface area contributed by atoms with E-state index in [1.807, 2.05) is 6.20 Å². The van der Waals surface area contributed by atoms with E-state index in [1.54, 1.807) is 23.1 Å². The number of aromatic nitrogens is 3. The summed E-state index contributed by atoms with van der Waals surface area (Å²) in [5.74, 6) is 0.658. The zero-order valence-corrected chi connectivity index (χ0v) is 13.0.